The molecule has 0 bridgehead atoms. The zero-order chi connectivity index (χ0) is 21.9. The van der Waals surface area contributed by atoms with Crippen molar-refractivity contribution in [2.24, 2.45) is 10.9 Å². The summed E-state index contributed by atoms with van der Waals surface area (Å²) in [4.78, 5) is 19.0. The first kappa shape index (κ1) is 23.6. The van der Waals surface area contributed by atoms with Gasteiger partial charge in [0.15, 0.2) is 5.96 Å². The van der Waals surface area contributed by atoms with Crippen molar-refractivity contribution in [2.75, 3.05) is 40.6 Å². The number of carbonyl (C=O) groups is 1. The van der Waals surface area contributed by atoms with Crippen LogP contribution in [0.1, 0.15) is 22.8 Å². The van der Waals surface area contributed by atoms with Crippen LogP contribution in [0, 0.1) is 5.92 Å². The number of thioether (sulfide) groups is 1. The summed E-state index contributed by atoms with van der Waals surface area (Å²) in [5, 5.41) is 6.70. The Labute approximate surface area is 184 Å². The van der Waals surface area contributed by atoms with Crippen LogP contribution >= 0.6 is 11.8 Å². The molecule has 162 valence electrons. The maximum absolute atomic E-state index is 12.0. The minimum atomic E-state index is 0.00645. The number of guanidine groups is 1. The van der Waals surface area contributed by atoms with Crippen molar-refractivity contribution in [3.8, 4) is 5.75 Å². The molecule has 0 saturated heterocycles. The first-order chi connectivity index (χ1) is 14.4. The maximum atomic E-state index is 12.0. The summed E-state index contributed by atoms with van der Waals surface area (Å²) in [5.41, 5.74) is 1.78. The first-order valence-corrected chi connectivity index (χ1v) is 10.9. The number of nitrogens with one attached hydrogen (secondary N) is 2. The number of rotatable bonds is 9. The number of nitrogens with zero attached hydrogens (tertiary/aromatic N) is 2. The van der Waals surface area contributed by atoms with E-state index in [2.05, 4.69) is 28.6 Å². The summed E-state index contributed by atoms with van der Waals surface area (Å²) in [6.45, 7) is 3.67. The predicted octanol–water partition coefficient (Wildman–Crippen LogP) is 3.49. The molecular weight excluding hydrogens is 396 g/mol. The van der Waals surface area contributed by atoms with Crippen molar-refractivity contribution in [2.45, 2.75) is 18.4 Å². The summed E-state index contributed by atoms with van der Waals surface area (Å²) in [6.07, 6.45) is 0. The van der Waals surface area contributed by atoms with Gasteiger partial charge in [-0.3, -0.25) is 9.79 Å². The van der Waals surface area contributed by atoms with Gasteiger partial charge in [0, 0.05) is 50.4 Å². The van der Waals surface area contributed by atoms with Gasteiger partial charge in [0.1, 0.15) is 5.75 Å². The largest absolute Gasteiger partial charge is 0.496 e. The highest BCUT2D eigenvalue weighted by molar-refractivity contribution is 7.99. The number of methoxy groups -OCH3 is 1. The molecule has 0 aromatic heterocycles. The summed E-state index contributed by atoms with van der Waals surface area (Å²) < 4.78 is 5.41. The van der Waals surface area contributed by atoms with E-state index < -0.39 is 0 Å². The minimum Gasteiger partial charge on any atom is -0.496 e. The van der Waals surface area contributed by atoms with Crippen molar-refractivity contribution < 1.29 is 9.53 Å². The lowest BCUT2D eigenvalue weighted by molar-refractivity contribution is 0.0827. The van der Waals surface area contributed by atoms with Crippen LogP contribution in [-0.2, 0) is 6.54 Å². The average Bonchev–Trinajstić information content (AvgIpc) is 2.77. The van der Waals surface area contributed by atoms with E-state index in [9.17, 15) is 4.79 Å². The smallest absolute Gasteiger partial charge is 0.253 e. The van der Waals surface area contributed by atoms with E-state index in [-0.39, 0.29) is 5.91 Å². The third kappa shape index (κ3) is 7.30. The van der Waals surface area contributed by atoms with E-state index in [1.54, 1.807) is 44.9 Å². The minimum absolute atomic E-state index is 0.00645. The van der Waals surface area contributed by atoms with Gasteiger partial charge in [-0.15, -0.1) is 11.8 Å². The zero-order valence-corrected chi connectivity index (χ0v) is 19.3. The Balaban J connectivity index is 1.77. The highest BCUT2D eigenvalue weighted by atomic mass is 32.2. The molecule has 0 aliphatic heterocycles. The lowest BCUT2D eigenvalue weighted by Crippen LogP contribution is -2.39. The average molecular weight is 429 g/mol. The normalized spacial score (nSPS) is 12.2. The summed E-state index contributed by atoms with van der Waals surface area (Å²) >= 11 is 1.80. The molecule has 2 N–H and O–H groups in total. The number of hydrogen-bond donors (Lipinski definition) is 2. The monoisotopic (exact) mass is 428 g/mol. The van der Waals surface area contributed by atoms with Crippen LogP contribution in [0.2, 0.25) is 0 Å². The fourth-order valence-electron chi connectivity index (χ4n) is 2.73. The molecule has 0 aliphatic carbocycles. The Hall–Kier alpha value is -2.67. The van der Waals surface area contributed by atoms with Crippen LogP contribution in [-0.4, -0.2) is 57.3 Å². The highest BCUT2D eigenvalue weighted by Crippen LogP contribution is 2.29. The molecule has 7 heteroatoms. The number of ether oxygens (including phenoxy) is 1. The summed E-state index contributed by atoms with van der Waals surface area (Å²) in [6, 6.07) is 15.7. The Morgan fingerprint density at radius 1 is 1.13 bits per heavy atom. The Bertz CT molecular complexity index is 837. The fourth-order valence-corrected chi connectivity index (χ4v) is 3.78. The van der Waals surface area contributed by atoms with Gasteiger partial charge >= 0.3 is 0 Å². The summed E-state index contributed by atoms with van der Waals surface area (Å²) in [7, 11) is 6.97. The molecule has 0 saturated carbocycles. The Kier molecular flexibility index (Phi) is 9.54. The summed E-state index contributed by atoms with van der Waals surface area (Å²) in [5.74, 6) is 3.11. The Morgan fingerprint density at radius 3 is 2.47 bits per heavy atom. The third-order valence-corrected chi connectivity index (χ3v) is 5.89. The van der Waals surface area contributed by atoms with Crippen molar-refractivity contribution >= 4 is 23.6 Å². The maximum Gasteiger partial charge on any atom is 0.253 e. The van der Waals surface area contributed by atoms with Crippen LogP contribution in [0.25, 0.3) is 0 Å². The topological polar surface area (TPSA) is 66.0 Å². The lowest BCUT2D eigenvalue weighted by atomic mass is 10.1. The van der Waals surface area contributed by atoms with E-state index in [1.807, 2.05) is 42.5 Å². The van der Waals surface area contributed by atoms with Gasteiger partial charge in [-0.25, -0.2) is 0 Å². The number of aliphatic imine (C=N–C) groups is 1. The molecule has 0 heterocycles. The van der Waals surface area contributed by atoms with Gasteiger partial charge in [0.2, 0.25) is 0 Å². The first-order valence-electron chi connectivity index (χ1n) is 9.95. The number of benzene rings is 2. The lowest BCUT2D eigenvalue weighted by Gasteiger charge is -2.17. The van der Waals surface area contributed by atoms with Crippen molar-refractivity contribution in [3.63, 3.8) is 0 Å². The van der Waals surface area contributed by atoms with E-state index in [0.29, 0.717) is 18.0 Å². The molecule has 0 aliphatic rings. The molecule has 6 nitrogen and oxygen atoms in total. The third-order valence-electron chi connectivity index (χ3n) is 4.50. The Morgan fingerprint density at radius 2 is 1.83 bits per heavy atom. The van der Waals surface area contributed by atoms with Gasteiger partial charge in [-0.2, -0.15) is 0 Å². The molecule has 0 spiro atoms. The molecule has 30 heavy (non-hydrogen) atoms. The van der Waals surface area contributed by atoms with Gasteiger partial charge in [-0.1, -0.05) is 31.2 Å². The molecule has 2 aromatic carbocycles. The van der Waals surface area contributed by atoms with Crippen molar-refractivity contribution in [3.05, 3.63) is 59.7 Å². The highest BCUT2D eigenvalue weighted by Gasteiger charge is 2.09. The van der Waals surface area contributed by atoms with Crippen LogP contribution < -0.4 is 15.4 Å². The standard InChI is InChI=1S/C23H32N4O2S/c1-17(16-30-21-9-7-6-8-20(21)29-5)14-25-23(24-2)26-15-18-10-12-19(13-11-18)22(28)27(3)4/h6-13,17H,14-16H2,1-5H3,(H2,24,25,26). The van der Waals surface area contributed by atoms with Crippen LogP contribution in [0.4, 0.5) is 0 Å². The molecule has 1 amide bonds. The fraction of sp³-hybridized carbons (Fsp3) is 0.391. The quantitative estimate of drug-likeness (QED) is 0.364. The molecule has 0 radical (unpaired) electrons. The van der Waals surface area contributed by atoms with Gasteiger partial charge in [0.25, 0.3) is 5.91 Å². The number of amides is 1. The second-order valence-corrected chi connectivity index (χ2v) is 8.33. The van der Waals surface area contributed by atoms with Crippen LogP contribution in [0.15, 0.2) is 58.4 Å². The molecule has 2 rings (SSSR count). The molecule has 1 atom stereocenters. The van der Waals surface area contributed by atoms with E-state index in [1.165, 1.54) is 0 Å². The van der Waals surface area contributed by atoms with Gasteiger partial charge in [-0.05, 0) is 35.7 Å². The second-order valence-electron chi connectivity index (χ2n) is 7.27. The zero-order valence-electron chi connectivity index (χ0n) is 18.4. The van der Waals surface area contributed by atoms with Crippen molar-refractivity contribution in [1.29, 1.82) is 0 Å². The van der Waals surface area contributed by atoms with E-state index in [0.717, 1.165) is 34.5 Å². The number of carbonyl (C=O) groups excluding carboxylic acids is 1. The van der Waals surface area contributed by atoms with Gasteiger partial charge < -0.3 is 20.3 Å². The second kappa shape index (κ2) is 12.1. The van der Waals surface area contributed by atoms with Crippen LogP contribution in [0.3, 0.4) is 0 Å². The number of hydrogen-bond acceptors (Lipinski definition) is 4. The van der Waals surface area contributed by atoms with Crippen molar-refractivity contribution in [1.82, 2.24) is 15.5 Å². The van der Waals surface area contributed by atoms with E-state index in [4.69, 9.17) is 4.74 Å². The molecular formula is C23H32N4O2S. The molecule has 0 fully saturated rings. The number of para-hydroxylation sites is 1. The SMILES string of the molecule is CN=C(NCc1ccc(C(=O)N(C)C)cc1)NCC(C)CSc1ccccc1OC. The predicted molar refractivity (Wildman–Crippen MR) is 126 cm³/mol. The molecule has 1 unspecified atom stereocenters. The molecule has 2 aromatic rings. The van der Waals surface area contributed by atoms with Gasteiger partial charge in [0.05, 0.1) is 7.11 Å². The van der Waals surface area contributed by atoms with E-state index >= 15 is 0 Å². The van der Waals surface area contributed by atoms with Crippen LogP contribution in [0.5, 0.6) is 5.75 Å².